The van der Waals surface area contributed by atoms with E-state index in [9.17, 15) is 4.79 Å². The number of amides is 1. The summed E-state index contributed by atoms with van der Waals surface area (Å²) >= 11 is 3.48. The third-order valence-corrected chi connectivity index (χ3v) is 4.54. The molecule has 1 aliphatic heterocycles. The number of carbonyl (C=O) groups is 1. The van der Waals surface area contributed by atoms with Crippen molar-refractivity contribution in [1.82, 2.24) is 25.2 Å². The Balaban J connectivity index is 1.78. The molecule has 4 rings (SSSR count). The van der Waals surface area contributed by atoms with Gasteiger partial charge in [0.1, 0.15) is 6.04 Å². The molecule has 3 heterocycles. The van der Waals surface area contributed by atoms with Gasteiger partial charge in [0.15, 0.2) is 0 Å². The number of fused-ring (bicyclic) bond motifs is 1. The van der Waals surface area contributed by atoms with Gasteiger partial charge in [0.25, 0.3) is 5.91 Å². The summed E-state index contributed by atoms with van der Waals surface area (Å²) in [5.41, 5.74) is 2.74. The Morgan fingerprint density at radius 3 is 2.96 bits per heavy atom. The predicted molar refractivity (Wildman–Crippen MR) is 99.3 cm³/mol. The number of carbonyl (C=O) groups excluding carboxylic acids is 1. The van der Waals surface area contributed by atoms with E-state index in [1.54, 1.807) is 29.2 Å². The van der Waals surface area contributed by atoms with Crippen molar-refractivity contribution < 1.29 is 4.79 Å². The van der Waals surface area contributed by atoms with E-state index in [-0.39, 0.29) is 5.91 Å². The largest absolute Gasteiger partial charge is 0.326 e. The molecule has 0 bridgehead atoms. The van der Waals surface area contributed by atoms with Gasteiger partial charge in [-0.25, -0.2) is 0 Å². The lowest BCUT2D eigenvalue weighted by atomic mass is 9.95. The molecule has 0 aliphatic carbocycles. The highest BCUT2D eigenvalue weighted by atomic mass is 79.9. The zero-order valence-corrected chi connectivity index (χ0v) is 15.3. The van der Waals surface area contributed by atoms with E-state index in [0.29, 0.717) is 22.9 Å². The molecule has 9 heteroatoms. The van der Waals surface area contributed by atoms with Crippen LogP contribution in [0.25, 0.3) is 0 Å². The van der Waals surface area contributed by atoms with E-state index in [0.717, 1.165) is 10.0 Å². The fraction of sp³-hybridized carbons (Fsp3) is 0.118. The van der Waals surface area contributed by atoms with Gasteiger partial charge in [0.2, 0.25) is 5.95 Å². The number of aromatic nitrogens is 5. The van der Waals surface area contributed by atoms with Gasteiger partial charge < -0.3 is 10.6 Å². The van der Waals surface area contributed by atoms with Gasteiger partial charge in [-0.05, 0) is 47.2 Å². The molecule has 0 spiro atoms. The van der Waals surface area contributed by atoms with Gasteiger partial charge in [-0.1, -0.05) is 33.2 Å². The minimum atomic E-state index is -0.449. The SMILES string of the molecule is CC1=C(C(=O)Nc2cccnc2)[C@@H](c2cccc(Br)c2)n2nnnc2N1. The zero-order chi connectivity index (χ0) is 18.1. The number of halogens is 1. The Labute approximate surface area is 157 Å². The summed E-state index contributed by atoms with van der Waals surface area (Å²) in [6.45, 7) is 1.83. The molecule has 26 heavy (non-hydrogen) atoms. The maximum absolute atomic E-state index is 13.0. The molecule has 0 saturated heterocycles. The van der Waals surface area contributed by atoms with Crippen LogP contribution in [0, 0.1) is 0 Å². The highest BCUT2D eigenvalue weighted by molar-refractivity contribution is 9.10. The van der Waals surface area contributed by atoms with Crippen molar-refractivity contribution in [3.05, 3.63) is 70.1 Å². The van der Waals surface area contributed by atoms with Crippen molar-refractivity contribution in [3.8, 4) is 0 Å². The Bertz CT molecular complexity index is 999. The first-order valence-electron chi connectivity index (χ1n) is 7.86. The minimum Gasteiger partial charge on any atom is -0.326 e. The average Bonchev–Trinajstić information content (AvgIpc) is 3.09. The number of rotatable bonds is 3. The lowest BCUT2D eigenvalue weighted by Crippen LogP contribution is -2.31. The van der Waals surface area contributed by atoms with Crippen LogP contribution in [0.5, 0.6) is 0 Å². The molecular formula is C17H14BrN7O. The van der Waals surface area contributed by atoms with Crippen LogP contribution in [0.15, 0.2) is 64.5 Å². The highest BCUT2D eigenvalue weighted by Gasteiger charge is 2.34. The first-order valence-corrected chi connectivity index (χ1v) is 8.65. The summed E-state index contributed by atoms with van der Waals surface area (Å²) in [6.07, 6.45) is 3.25. The average molecular weight is 412 g/mol. The summed E-state index contributed by atoms with van der Waals surface area (Å²) in [4.78, 5) is 17.1. The first-order chi connectivity index (χ1) is 12.6. The Morgan fingerprint density at radius 2 is 2.19 bits per heavy atom. The zero-order valence-electron chi connectivity index (χ0n) is 13.7. The maximum atomic E-state index is 13.0. The van der Waals surface area contributed by atoms with Gasteiger partial charge in [0, 0.05) is 16.4 Å². The number of allylic oxidation sites excluding steroid dienone is 1. The smallest absolute Gasteiger partial charge is 0.255 e. The third-order valence-electron chi connectivity index (χ3n) is 4.04. The highest BCUT2D eigenvalue weighted by Crippen LogP contribution is 2.35. The molecule has 0 unspecified atom stereocenters. The van der Waals surface area contributed by atoms with E-state index < -0.39 is 6.04 Å². The van der Waals surface area contributed by atoms with E-state index >= 15 is 0 Å². The number of anilines is 2. The molecule has 0 saturated carbocycles. The molecule has 130 valence electrons. The van der Waals surface area contributed by atoms with Gasteiger partial charge in [-0.15, -0.1) is 0 Å². The minimum absolute atomic E-state index is 0.242. The Morgan fingerprint density at radius 1 is 1.31 bits per heavy atom. The molecule has 1 aliphatic rings. The molecule has 8 nitrogen and oxygen atoms in total. The predicted octanol–water partition coefficient (Wildman–Crippen LogP) is 2.76. The summed E-state index contributed by atoms with van der Waals surface area (Å²) in [5.74, 6) is 0.250. The topological polar surface area (TPSA) is 97.6 Å². The molecule has 1 atom stereocenters. The number of hydrogen-bond donors (Lipinski definition) is 2. The second-order valence-corrected chi connectivity index (χ2v) is 6.68. The van der Waals surface area contributed by atoms with E-state index in [1.165, 1.54) is 0 Å². The molecule has 1 aromatic carbocycles. The van der Waals surface area contributed by atoms with Crippen LogP contribution in [-0.2, 0) is 4.79 Å². The second-order valence-electron chi connectivity index (χ2n) is 5.76. The van der Waals surface area contributed by atoms with Crippen LogP contribution in [0.2, 0.25) is 0 Å². The first kappa shape index (κ1) is 16.4. The molecule has 0 fully saturated rings. The molecule has 3 aromatic rings. The van der Waals surface area contributed by atoms with E-state index in [4.69, 9.17) is 0 Å². The second kappa shape index (κ2) is 6.68. The van der Waals surface area contributed by atoms with Gasteiger partial charge >= 0.3 is 0 Å². The summed E-state index contributed by atoms with van der Waals surface area (Å²) < 4.78 is 2.51. The fourth-order valence-corrected chi connectivity index (χ4v) is 3.34. The van der Waals surface area contributed by atoms with E-state index in [2.05, 4.69) is 47.1 Å². The number of nitrogens with one attached hydrogen (secondary N) is 2. The standard InChI is InChI=1S/C17H14BrN7O/c1-10-14(16(26)21-13-6-3-7-19-9-13)15(11-4-2-5-12(18)8-11)25-17(20-10)22-23-24-25/h2-9,15H,1H3,(H,21,26)(H,20,22,24)/t15-/m1/s1. The van der Waals surface area contributed by atoms with Crippen LogP contribution in [-0.4, -0.2) is 31.1 Å². The van der Waals surface area contributed by atoms with Crippen molar-refractivity contribution in [2.45, 2.75) is 13.0 Å². The maximum Gasteiger partial charge on any atom is 0.255 e. The van der Waals surface area contributed by atoms with E-state index in [1.807, 2.05) is 31.2 Å². The van der Waals surface area contributed by atoms with Crippen molar-refractivity contribution >= 4 is 33.5 Å². The third kappa shape index (κ3) is 2.97. The van der Waals surface area contributed by atoms with Crippen LogP contribution < -0.4 is 10.6 Å². The number of nitrogens with zero attached hydrogens (tertiary/aromatic N) is 5. The Hall–Kier alpha value is -3.07. The number of hydrogen-bond acceptors (Lipinski definition) is 6. The molecular weight excluding hydrogens is 398 g/mol. The summed E-state index contributed by atoms with van der Waals surface area (Å²) in [6, 6.07) is 10.8. The van der Waals surface area contributed by atoms with Crippen LogP contribution >= 0.6 is 15.9 Å². The van der Waals surface area contributed by atoms with Crippen molar-refractivity contribution in [1.29, 1.82) is 0 Å². The summed E-state index contributed by atoms with van der Waals surface area (Å²) in [5, 5.41) is 17.8. The Kier molecular flexibility index (Phi) is 4.21. The molecule has 2 aromatic heterocycles. The number of tetrazole rings is 1. The van der Waals surface area contributed by atoms with Crippen LogP contribution in [0.3, 0.4) is 0 Å². The van der Waals surface area contributed by atoms with Crippen molar-refractivity contribution in [2.75, 3.05) is 10.6 Å². The normalized spacial score (nSPS) is 16.0. The van der Waals surface area contributed by atoms with Crippen LogP contribution in [0.1, 0.15) is 18.5 Å². The van der Waals surface area contributed by atoms with Crippen molar-refractivity contribution in [3.63, 3.8) is 0 Å². The van der Waals surface area contributed by atoms with Crippen LogP contribution in [0.4, 0.5) is 11.6 Å². The molecule has 2 N–H and O–H groups in total. The van der Waals surface area contributed by atoms with Crippen molar-refractivity contribution in [2.24, 2.45) is 0 Å². The number of pyridine rings is 1. The monoisotopic (exact) mass is 411 g/mol. The lowest BCUT2D eigenvalue weighted by Gasteiger charge is -2.28. The number of benzene rings is 1. The lowest BCUT2D eigenvalue weighted by molar-refractivity contribution is -0.113. The summed E-state index contributed by atoms with van der Waals surface area (Å²) in [7, 11) is 0. The fourth-order valence-electron chi connectivity index (χ4n) is 2.93. The van der Waals surface area contributed by atoms with Gasteiger partial charge in [0.05, 0.1) is 17.5 Å². The molecule has 1 amide bonds. The molecule has 0 radical (unpaired) electrons. The van der Waals surface area contributed by atoms with Gasteiger partial charge in [-0.2, -0.15) is 4.68 Å². The quantitative estimate of drug-likeness (QED) is 0.687. The van der Waals surface area contributed by atoms with Gasteiger partial charge in [-0.3, -0.25) is 9.78 Å².